The van der Waals surface area contributed by atoms with Gasteiger partial charge in [-0.1, -0.05) is 25.1 Å². The molecule has 4 heteroatoms. The highest BCUT2D eigenvalue weighted by atomic mass is 32.2. The van der Waals surface area contributed by atoms with E-state index in [2.05, 4.69) is 46.1 Å². The van der Waals surface area contributed by atoms with E-state index in [1.165, 1.54) is 4.90 Å². The molecule has 1 heterocycles. The molecule has 96 valence electrons. The number of nitrogens with one attached hydrogen (secondary N) is 1. The van der Waals surface area contributed by atoms with Crippen LogP contribution in [0.4, 0.5) is 0 Å². The second kappa shape index (κ2) is 6.61. The van der Waals surface area contributed by atoms with E-state index in [9.17, 15) is 0 Å². The topological polar surface area (TPSA) is 29.9 Å². The smallest absolute Gasteiger partial charge is 0.126 e. The van der Waals surface area contributed by atoms with Gasteiger partial charge in [-0.05, 0) is 18.7 Å². The quantitative estimate of drug-likeness (QED) is 0.811. The van der Waals surface area contributed by atoms with Crippen molar-refractivity contribution in [1.29, 1.82) is 0 Å². The average molecular weight is 261 g/mol. The molecule has 0 radical (unpaired) electrons. The number of benzene rings is 1. The van der Waals surface area contributed by atoms with E-state index in [1.807, 2.05) is 37.3 Å². The lowest BCUT2D eigenvalue weighted by molar-refractivity contribution is 0.555. The molecule has 2 rings (SSSR count). The van der Waals surface area contributed by atoms with Gasteiger partial charge in [0.05, 0.1) is 6.04 Å². The van der Waals surface area contributed by atoms with Gasteiger partial charge >= 0.3 is 0 Å². The molecule has 3 nitrogen and oxygen atoms in total. The maximum Gasteiger partial charge on any atom is 0.126 e. The fourth-order valence-corrected chi connectivity index (χ4v) is 2.86. The highest BCUT2D eigenvalue weighted by Crippen LogP contribution is 2.23. The lowest BCUT2D eigenvalue weighted by atomic mass is 10.3. The van der Waals surface area contributed by atoms with Crippen LogP contribution in [0.3, 0.4) is 0 Å². The predicted molar refractivity (Wildman–Crippen MR) is 76.8 cm³/mol. The van der Waals surface area contributed by atoms with Crippen LogP contribution >= 0.6 is 11.8 Å². The minimum atomic E-state index is 0.292. The highest BCUT2D eigenvalue weighted by molar-refractivity contribution is 7.99. The number of thioether (sulfide) groups is 1. The molecular formula is C14H19N3S. The van der Waals surface area contributed by atoms with Crippen molar-refractivity contribution >= 4 is 11.8 Å². The number of hydrogen-bond donors (Lipinski definition) is 1. The molecule has 0 aliphatic carbocycles. The number of hydrogen-bond acceptors (Lipinski definition) is 3. The van der Waals surface area contributed by atoms with Gasteiger partial charge in [-0.25, -0.2) is 4.98 Å². The summed E-state index contributed by atoms with van der Waals surface area (Å²) in [6, 6.07) is 10.8. The summed E-state index contributed by atoms with van der Waals surface area (Å²) in [6.45, 7) is 3.08. The second-order valence-corrected chi connectivity index (χ2v) is 5.22. The fourth-order valence-electron chi connectivity index (χ4n) is 1.88. The van der Waals surface area contributed by atoms with Gasteiger partial charge in [0.2, 0.25) is 0 Å². The van der Waals surface area contributed by atoms with Crippen LogP contribution in [0.2, 0.25) is 0 Å². The Hall–Kier alpha value is -1.26. The third-order valence-corrected chi connectivity index (χ3v) is 3.89. The Labute approximate surface area is 113 Å². The molecule has 0 fully saturated rings. The standard InChI is InChI=1S/C14H19N3S/c1-3-15-13(14-16-9-10-17(14)2)11-18-12-7-5-4-6-8-12/h4-10,13,15H,3,11H2,1-2H3. The Kier molecular flexibility index (Phi) is 4.84. The third kappa shape index (κ3) is 3.37. The SMILES string of the molecule is CCNC(CSc1ccccc1)c1nccn1C. The molecule has 0 spiro atoms. The Morgan fingerprint density at radius 3 is 2.72 bits per heavy atom. The van der Waals surface area contributed by atoms with Crippen LogP contribution in [-0.4, -0.2) is 21.8 Å². The Morgan fingerprint density at radius 1 is 1.33 bits per heavy atom. The molecule has 18 heavy (non-hydrogen) atoms. The van der Waals surface area contributed by atoms with Gasteiger partial charge in [0.25, 0.3) is 0 Å². The molecule has 0 aliphatic heterocycles. The summed E-state index contributed by atoms with van der Waals surface area (Å²) < 4.78 is 2.08. The molecule has 1 aromatic heterocycles. The summed E-state index contributed by atoms with van der Waals surface area (Å²) in [6.07, 6.45) is 3.85. The molecule has 1 unspecified atom stereocenters. The third-order valence-electron chi connectivity index (χ3n) is 2.78. The van der Waals surface area contributed by atoms with Crippen LogP contribution in [-0.2, 0) is 7.05 Å². The van der Waals surface area contributed by atoms with Crippen molar-refractivity contribution in [3.8, 4) is 0 Å². The first-order valence-corrected chi connectivity index (χ1v) is 7.18. The molecule has 1 N–H and O–H groups in total. The molecular weight excluding hydrogens is 242 g/mol. The van der Waals surface area contributed by atoms with E-state index in [-0.39, 0.29) is 0 Å². The van der Waals surface area contributed by atoms with Crippen LogP contribution < -0.4 is 5.32 Å². The van der Waals surface area contributed by atoms with Gasteiger partial charge in [0.15, 0.2) is 0 Å². The zero-order valence-electron chi connectivity index (χ0n) is 10.8. The Morgan fingerprint density at radius 2 is 2.11 bits per heavy atom. The van der Waals surface area contributed by atoms with Gasteiger partial charge in [0.1, 0.15) is 5.82 Å². The molecule has 0 saturated heterocycles. The van der Waals surface area contributed by atoms with E-state index < -0.39 is 0 Å². The van der Waals surface area contributed by atoms with E-state index in [0.717, 1.165) is 18.1 Å². The summed E-state index contributed by atoms with van der Waals surface area (Å²) in [5.74, 6) is 2.09. The maximum absolute atomic E-state index is 4.43. The van der Waals surface area contributed by atoms with Crippen molar-refractivity contribution in [1.82, 2.24) is 14.9 Å². The number of aromatic nitrogens is 2. The molecule has 2 aromatic rings. The zero-order valence-corrected chi connectivity index (χ0v) is 11.7. The minimum Gasteiger partial charge on any atom is -0.337 e. The van der Waals surface area contributed by atoms with Crippen molar-refractivity contribution < 1.29 is 0 Å². The summed E-state index contributed by atoms with van der Waals surface area (Å²) in [4.78, 5) is 5.73. The van der Waals surface area contributed by atoms with E-state index >= 15 is 0 Å². The molecule has 1 atom stereocenters. The Balaban J connectivity index is 2.01. The summed E-state index contributed by atoms with van der Waals surface area (Å²) >= 11 is 1.86. The molecule has 0 aliphatic rings. The van der Waals surface area contributed by atoms with Crippen molar-refractivity contribution in [2.45, 2.75) is 17.9 Å². The van der Waals surface area contributed by atoms with Gasteiger partial charge in [-0.3, -0.25) is 0 Å². The van der Waals surface area contributed by atoms with Gasteiger partial charge in [-0.2, -0.15) is 0 Å². The van der Waals surface area contributed by atoms with Gasteiger partial charge in [-0.15, -0.1) is 11.8 Å². The Bertz CT molecular complexity index is 467. The van der Waals surface area contributed by atoms with Crippen molar-refractivity contribution in [2.75, 3.05) is 12.3 Å². The van der Waals surface area contributed by atoms with Crippen LogP contribution in [0.25, 0.3) is 0 Å². The first-order chi connectivity index (χ1) is 8.81. The van der Waals surface area contributed by atoms with Crippen molar-refractivity contribution in [3.63, 3.8) is 0 Å². The fraction of sp³-hybridized carbons (Fsp3) is 0.357. The minimum absolute atomic E-state index is 0.292. The van der Waals surface area contributed by atoms with E-state index in [1.54, 1.807) is 0 Å². The largest absolute Gasteiger partial charge is 0.337 e. The normalized spacial score (nSPS) is 12.6. The van der Waals surface area contributed by atoms with Crippen molar-refractivity contribution in [3.05, 3.63) is 48.5 Å². The number of rotatable bonds is 6. The first-order valence-electron chi connectivity index (χ1n) is 6.19. The number of imidazole rings is 1. The molecule has 0 bridgehead atoms. The predicted octanol–water partition coefficient (Wildman–Crippen LogP) is 2.86. The van der Waals surface area contributed by atoms with Gasteiger partial charge in [0, 0.05) is 30.1 Å². The number of aryl methyl sites for hydroxylation is 1. The molecule has 1 aromatic carbocycles. The van der Waals surface area contributed by atoms with Crippen LogP contribution in [0.5, 0.6) is 0 Å². The number of nitrogens with zero attached hydrogens (tertiary/aromatic N) is 2. The van der Waals surface area contributed by atoms with Crippen LogP contribution in [0.15, 0.2) is 47.6 Å². The lowest BCUT2D eigenvalue weighted by Crippen LogP contribution is -2.25. The first kappa shape index (κ1) is 13.2. The monoisotopic (exact) mass is 261 g/mol. The highest BCUT2D eigenvalue weighted by Gasteiger charge is 2.14. The van der Waals surface area contributed by atoms with E-state index in [4.69, 9.17) is 0 Å². The average Bonchev–Trinajstić information content (AvgIpc) is 2.82. The summed E-state index contributed by atoms with van der Waals surface area (Å²) in [5.41, 5.74) is 0. The van der Waals surface area contributed by atoms with Crippen LogP contribution in [0.1, 0.15) is 18.8 Å². The van der Waals surface area contributed by atoms with Crippen molar-refractivity contribution in [2.24, 2.45) is 7.05 Å². The second-order valence-electron chi connectivity index (χ2n) is 4.13. The molecule has 0 saturated carbocycles. The zero-order chi connectivity index (χ0) is 12.8. The maximum atomic E-state index is 4.43. The summed E-state index contributed by atoms with van der Waals surface area (Å²) in [7, 11) is 2.04. The summed E-state index contributed by atoms with van der Waals surface area (Å²) in [5, 5.41) is 3.49. The van der Waals surface area contributed by atoms with Crippen LogP contribution in [0, 0.1) is 0 Å². The van der Waals surface area contributed by atoms with E-state index in [0.29, 0.717) is 6.04 Å². The molecule has 0 amide bonds. The van der Waals surface area contributed by atoms with Gasteiger partial charge < -0.3 is 9.88 Å². The lowest BCUT2D eigenvalue weighted by Gasteiger charge is -2.17.